The Morgan fingerprint density at radius 2 is 2.23 bits per heavy atom. The molecule has 0 radical (unpaired) electrons. The Labute approximate surface area is 78.1 Å². The van der Waals surface area contributed by atoms with E-state index in [2.05, 4.69) is 4.98 Å². The van der Waals surface area contributed by atoms with Crippen molar-refractivity contribution in [2.75, 3.05) is 6.61 Å². The van der Waals surface area contributed by atoms with Crippen LogP contribution in [-0.2, 0) is 0 Å². The van der Waals surface area contributed by atoms with Crippen molar-refractivity contribution in [3.05, 3.63) is 30.1 Å². The van der Waals surface area contributed by atoms with Crippen molar-refractivity contribution in [2.24, 2.45) is 0 Å². The lowest BCUT2D eigenvalue weighted by molar-refractivity contribution is 0.0832. The van der Waals surface area contributed by atoms with Gasteiger partial charge in [0.05, 0.1) is 12.7 Å². The lowest BCUT2D eigenvalue weighted by Crippen LogP contribution is -2.15. The van der Waals surface area contributed by atoms with Gasteiger partial charge in [-0.25, -0.2) is 0 Å². The fourth-order valence-corrected chi connectivity index (χ4v) is 1.27. The number of aliphatic hydroxyl groups excluding tert-OH is 2. The van der Waals surface area contributed by atoms with E-state index in [-0.39, 0.29) is 12.5 Å². The summed E-state index contributed by atoms with van der Waals surface area (Å²) in [7, 11) is 0. The molecular formula is C10H15NO2. The Kier molecular flexibility index (Phi) is 3.86. The second kappa shape index (κ2) is 4.94. The fraction of sp³-hybridized carbons (Fsp3) is 0.500. The molecule has 0 aliphatic rings. The third-order valence-electron chi connectivity index (χ3n) is 2.03. The number of pyridine rings is 1. The minimum Gasteiger partial charge on any atom is -0.394 e. The number of nitrogens with zero attached hydrogens (tertiary/aromatic N) is 1. The lowest BCUT2D eigenvalue weighted by Gasteiger charge is -2.13. The number of hydrogen-bond acceptors (Lipinski definition) is 3. The largest absolute Gasteiger partial charge is 0.394 e. The van der Waals surface area contributed by atoms with Crippen molar-refractivity contribution in [1.29, 1.82) is 0 Å². The van der Waals surface area contributed by atoms with E-state index in [4.69, 9.17) is 5.11 Å². The van der Waals surface area contributed by atoms with Gasteiger partial charge in [0.1, 0.15) is 0 Å². The first kappa shape index (κ1) is 10.2. The molecule has 0 aliphatic heterocycles. The van der Waals surface area contributed by atoms with Gasteiger partial charge in [0.15, 0.2) is 0 Å². The van der Waals surface area contributed by atoms with Crippen molar-refractivity contribution in [1.82, 2.24) is 4.98 Å². The van der Waals surface area contributed by atoms with Gasteiger partial charge in [-0.2, -0.15) is 0 Å². The van der Waals surface area contributed by atoms with Gasteiger partial charge in [0, 0.05) is 17.8 Å². The first-order valence-corrected chi connectivity index (χ1v) is 4.44. The van der Waals surface area contributed by atoms with E-state index in [1.807, 2.05) is 25.1 Å². The molecule has 13 heavy (non-hydrogen) atoms. The fourth-order valence-electron chi connectivity index (χ4n) is 1.27. The summed E-state index contributed by atoms with van der Waals surface area (Å²) in [5.74, 6) is 0.184. The Morgan fingerprint density at radius 3 is 2.77 bits per heavy atom. The van der Waals surface area contributed by atoms with Crippen LogP contribution in [-0.4, -0.2) is 27.9 Å². The molecule has 72 valence electrons. The van der Waals surface area contributed by atoms with Crippen molar-refractivity contribution in [3.8, 4) is 0 Å². The van der Waals surface area contributed by atoms with Crippen molar-refractivity contribution in [2.45, 2.75) is 25.4 Å². The van der Waals surface area contributed by atoms with Crippen LogP contribution in [0.5, 0.6) is 0 Å². The third kappa shape index (κ3) is 3.13. The molecule has 0 saturated carbocycles. The highest BCUT2D eigenvalue weighted by molar-refractivity contribution is 5.08. The maximum atomic E-state index is 9.21. The maximum Gasteiger partial charge on any atom is 0.0777 e. The molecule has 0 aromatic carbocycles. The SMILES string of the molecule is CC(CC(O)CO)c1ccccn1. The Bertz CT molecular complexity index is 238. The van der Waals surface area contributed by atoms with Gasteiger partial charge < -0.3 is 10.2 Å². The lowest BCUT2D eigenvalue weighted by atomic mass is 10.00. The van der Waals surface area contributed by atoms with E-state index < -0.39 is 6.10 Å². The molecule has 0 amide bonds. The molecule has 2 N–H and O–H groups in total. The van der Waals surface area contributed by atoms with Gasteiger partial charge in [-0.1, -0.05) is 13.0 Å². The molecule has 3 heteroatoms. The van der Waals surface area contributed by atoms with Gasteiger partial charge in [-0.15, -0.1) is 0 Å². The summed E-state index contributed by atoms with van der Waals surface area (Å²) >= 11 is 0. The van der Waals surface area contributed by atoms with Gasteiger partial charge in [0.25, 0.3) is 0 Å². The highest BCUT2D eigenvalue weighted by atomic mass is 16.3. The molecule has 1 rings (SSSR count). The van der Waals surface area contributed by atoms with E-state index in [1.54, 1.807) is 6.20 Å². The van der Waals surface area contributed by atoms with Gasteiger partial charge >= 0.3 is 0 Å². The summed E-state index contributed by atoms with van der Waals surface area (Å²) in [6.45, 7) is 1.80. The second-order valence-electron chi connectivity index (χ2n) is 3.23. The van der Waals surface area contributed by atoms with Crippen molar-refractivity contribution < 1.29 is 10.2 Å². The first-order valence-electron chi connectivity index (χ1n) is 4.44. The molecule has 1 heterocycles. The topological polar surface area (TPSA) is 53.4 Å². The molecule has 2 unspecified atom stereocenters. The van der Waals surface area contributed by atoms with Crippen LogP contribution in [0.3, 0.4) is 0 Å². The standard InChI is InChI=1S/C10H15NO2/c1-8(6-9(13)7-12)10-4-2-3-5-11-10/h2-5,8-9,12-13H,6-7H2,1H3. The smallest absolute Gasteiger partial charge is 0.0777 e. The van der Waals surface area contributed by atoms with Gasteiger partial charge in [0.2, 0.25) is 0 Å². The minimum absolute atomic E-state index is 0.183. The van der Waals surface area contributed by atoms with Crippen LogP contribution in [0.1, 0.15) is 25.0 Å². The number of rotatable bonds is 4. The molecular weight excluding hydrogens is 166 g/mol. The van der Waals surface area contributed by atoms with Crippen LogP contribution in [0.2, 0.25) is 0 Å². The van der Waals surface area contributed by atoms with Crippen molar-refractivity contribution in [3.63, 3.8) is 0 Å². The summed E-state index contributed by atoms with van der Waals surface area (Å²) in [5, 5.41) is 17.9. The van der Waals surface area contributed by atoms with Crippen LogP contribution in [0.15, 0.2) is 24.4 Å². The monoisotopic (exact) mass is 181 g/mol. The van der Waals surface area contributed by atoms with E-state index in [0.717, 1.165) is 5.69 Å². The molecule has 0 saturated heterocycles. The summed E-state index contributed by atoms with van der Waals surface area (Å²) < 4.78 is 0. The zero-order valence-corrected chi connectivity index (χ0v) is 7.72. The maximum absolute atomic E-state index is 9.21. The zero-order valence-electron chi connectivity index (χ0n) is 7.72. The Hall–Kier alpha value is -0.930. The van der Waals surface area contributed by atoms with Crippen LogP contribution in [0.4, 0.5) is 0 Å². The predicted molar refractivity (Wildman–Crippen MR) is 50.4 cm³/mol. The van der Waals surface area contributed by atoms with Crippen LogP contribution in [0, 0.1) is 0 Å². The second-order valence-corrected chi connectivity index (χ2v) is 3.23. The van der Waals surface area contributed by atoms with E-state index in [9.17, 15) is 5.11 Å². The molecule has 3 nitrogen and oxygen atoms in total. The Balaban J connectivity index is 2.53. The number of aromatic nitrogens is 1. The van der Waals surface area contributed by atoms with Crippen molar-refractivity contribution >= 4 is 0 Å². The van der Waals surface area contributed by atoms with Gasteiger partial charge in [-0.05, 0) is 18.6 Å². The highest BCUT2D eigenvalue weighted by Crippen LogP contribution is 2.17. The minimum atomic E-state index is -0.642. The van der Waals surface area contributed by atoms with E-state index in [1.165, 1.54) is 0 Å². The van der Waals surface area contributed by atoms with Crippen LogP contribution < -0.4 is 0 Å². The first-order chi connectivity index (χ1) is 6.24. The zero-order chi connectivity index (χ0) is 9.68. The molecule has 0 aliphatic carbocycles. The third-order valence-corrected chi connectivity index (χ3v) is 2.03. The summed E-state index contributed by atoms with van der Waals surface area (Å²) in [6.07, 6.45) is 1.64. The number of aliphatic hydroxyl groups is 2. The van der Waals surface area contributed by atoms with Gasteiger partial charge in [-0.3, -0.25) is 4.98 Å². The molecule has 1 aromatic rings. The average molecular weight is 181 g/mol. The summed E-state index contributed by atoms with van der Waals surface area (Å²) in [4.78, 5) is 4.17. The molecule has 0 spiro atoms. The van der Waals surface area contributed by atoms with E-state index >= 15 is 0 Å². The molecule has 0 bridgehead atoms. The Morgan fingerprint density at radius 1 is 1.46 bits per heavy atom. The normalized spacial score (nSPS) is 15.3. The van der Waals surface area contributed by atoms with Crippen LogP contribution in [0.25, 0.3) is 0 Å². The quantitative estimate of drug-likeness (QED) is 0.726. The molecule has 2 atom stereocenters. The highest BCUT2D eigenvalue weighted by Gasteiger charge is 2.11. The van der Waals surface area contributed by atoms with E-state index in [0.29, 0.717) is 6.42 Å². The summed E-state index contributed by atoms with van der Waals surface area (Å²) in [5.41, 5.74) is 0.954. The molecule has 1 aromatic heterocycles. The predicted octanol–water partition coefficient (Wildman–Crippen LogP) is 0.928. The molecule has 0 fully saturated rings. The number of hydrogen-bond donors (Lipinski definition) is 2. The summed E-state index contributed by atoms with van der Waals surface area (Å²) in [6, 6.07) is 5.71. The van der Waals surface area contributed by atoms with Crippen LogP contribution >= 0.6 is 0 Å². The average Bonchev–Trinajstić information content (AvgIpc) is 2.19.